The molecule has 0 aromatic rings. The summed E-state index contributed by atoms with van der Waals surface area (Å²) in [5.74, 6) is -2.65. The highest BCUT2D eigenvalue weighted by Crippen LogP contribution is 2.25. The predicted molar refractivity (Wildman–Crippen MR) is 68.8 cm³/mol. The number of nitrogens with one attached hydrogen (secondary N) is 2. The summed E-state index contributed by atoms with van der Waals surface area (Å²) in [6.07, 6.45) is 5.31. The zero-order valence-electron chi connectivity index (χ0n) is 10.6. The topological polar surface area (TPSA) is 113 Å². The van der Waals surface area contributed by atoms with Crippen molar-refractivity contribution in [1.82, 2.24) is 10.0 Å². The van der Waals surface area contributed by atoms with Crippen LogP contribution in [0.1, 0.15) is 12.8 Å². The van der Waals surface area contributed by atoms with E-state index in [9.17, 15) is 18.0 Å². The van der Waals surface area contributed by atoms with Gasteiger partial charge in [-0.3, -0.25) is 9.59 Å². The number of hydrogen-bond acceptors (Lipinski definition) is 4. The Morgan fingerprint density at radius 2 is 1.79 bits per heavy atom. The normalized spacial score (nSPS) is 23.0. The molecule has 0 aliphatic heterocycles. The summed E-state index contributed by atoms with van der Waals surface area (Å²) < 4.78 is 23.9. The van der Waals surface area contributed by atoms with Crippen LogP contribution in [0.25, 0.3) is 0 Å². The van der Waals surface area contributed by atoms with Gasteiger partial charge >= 0.3 is 5.97 Å². The molecule has 0 spiro atoms. The Hall–Kier alpha value is -1.41. The van der Waals surface area contributed by atoms with Crippen LogP contribution in [0.5, 0.6) is 0 Å². The van der Waals surface area contributed by atoms with Crippen molar-refractivity contribution in [2.75, 3.05) is 19.3 Å². The van der Waals surface area contributed by atoms with Crippen molar-refractivity contribution in [3.63, 3.8) is 0 Å². The van der Waals surface area contributed by atoms with Gasteiger partial charge in [-0.25, -0.2) is 13.1 Å². The summed E-state index contributed by atoms with van der Waals surface area (Å²) in [7, 11) is -3.28. The first-order valence-electron chi connectivity index (χ1n) is 5.91. The molecule has 0 radical (unpaired) electrons. The van der Waals surface area contributed by atoms with E-state index < -0.39 is 27.8 Å². The monoisotopic (exact) mass is 290 g/mol. The van der Waals surface area contributed by atoms with E-state index in [-0.39, 0.29) is 19.0 Å². The zero-order chi connectivity index (χ0) is 14.5. The lowest BCUT2D eigenvalue weighted by atomic mass is 9.82. The summed E-state index contributed by atoms with van der Waals surface area (Å²) in [5.41, 5.74) is 0. The number of rotatable bonds is 6. The minimum Gasteiger partial charge on any atom is -0.481 e. The van der Waals surface area contributed by atoms with Crippen LogP contribution < -0.4 is 10.0 Å². The third kappa shape index (κ3) is 5.39. The van der Waals surface area contributed by atoms with Crippen molar-refractivity contribution in [3.05, 3.63) is 12.2 Å². The molecular weight excluding hydrogens is 272 g/mol. The standard InChI is InChI=1S/C11H18N2O5S/c1-19(17,18)13-7-6-12-10(14)8-4-2-3-5-9(8)11(15)16/h2-3,8-9,13H,4-7H2,1H3,(H,12,14)(H,15,16)/t8-,9+/m1/s1. The van der Waals surface area contributed by atoms with Crippen LogP contribution in [0.2, 0.25) is 0 Å². The number of sulfonamides is 1. The fourth-order valence-electron chi connectivity index (χ4n) is 1.93. The molecule has 0 aromatic carbocycles. The van der Waals surface area contributed by atoms with Crippen LogP contribution >= 0.6 is 0 Å². The van der Waals surface area contributed by atoms with Gasteiger partial charge in [0, 0.05) is 13.1 Å². The molecule has 2 atom stereocenters. The third-order valence-electron chi connectivity index (χ3n) is 2.87. The second kappa shape index (κ2) is 6.67. The molecule has 8 heteroatoms. The quantitative estimate of drug-likeness (QED) is 0.443. The van der Waals surface area contributed by atoms with Crippen molar-refractivity contribution in [2.24, 2.45) is 11.8 Å². The largest absolute Gasteiger partial charge is 0.481 e. The molecule has 0 saturated heterocycles. The van der Waals surface area contributed by atoms with Crippen molar-refractivity contribution in [3.8, 4) is 0 Å². The van der Waals surface area contributed by atoms with Gasteiger partial charge in [0.15, 0.2) is 0 Å². The van der Waals surface area contributed by atoms with Crippen molar-refractivity contribution in [1.29, 1.82) is 0 Å². The number of allylic oxidation sites excluding steroid dienone is 2. The number of aliphatic carboxylic acids is 1. The molecule has 7 nitrogen and oxygen atoms in total. The van der Waals surface area contributed by atoms with Gasteiger partial charge in [-0.15, -0.1) is 0 Å². The number of carboxylic acids is 1. The maximum absolute atomic E-state index is 11.9. The van der Waals surface area contributed by atoms with E-state index in [2.05, 4.69) is 10.0 Å². The van der Waals surface area contributed by atoms with Crippen LogP contribution in [0, 0.1) is 11.8 Å². The van der Waals surface area contributed by atoms with Crippen molar-refractivity contribution < 1.29 is 23.1 Å². The van der Waals surface area contributed by atoms with Gasteiger partial charge in [0.2, 0.25) is 15.9 Å². The Labute approximate surface area is 112 Å². The fourth-order valence-corrected chi connectivity index (χ4v) is 2.40. The first-order valence-corrected chi connectivity index (χ1v) is 7.80. The first-order chi connectivity index (χ1) is 8.81. The van der Waals surface area contributed by atoms with Crippen LogP contribution in [0.15, 0.2) is 12.2 Å². The molecule has 0 aromatic heterocycles. The van der Waals surface area contributed by atoms with E-state index >= 15 is 0 Å². The summed E-state index contributed by atoms with van der Waals surface area (Å²) in [4.78, 5) is 22.9. The summed E-state index contributed by atoms with van der Waals surface area (Å²) >= 11 is 0. The zero-order valence-corrected chi connectivity index (χ0v) is 11.4. The van der Waals surface area contributed by atoms with E-state index in [1.54, 1.807) is 12.2 Å². The van der Waals surface area contributed by atoms with Gasteiger partial charge in [0.25, 0.3) is 0 Å². The summed E-state index contributed by atoms with van der Waals surface area (Å²) in [6.45, 7) is 0.226. The minimum atomic E-state index is -3.28. The molecule has 1 rings (SSSR count). The number of carbonyl (C=O) groups excluding carboxylic acids is 1. The van der Waals surface area contributed by atoms with Gasteiger partial charge in [0.05, 0.1) is 18.1 Å². The van der Waals surface area contributed by atoms with Gasteiger partial charge in [-0.05, 0) is 12.8 Å². The van der Waals surface area contributed by atoms with Crippen molar-refractivity contribution in [2.45, 2.75) is 12.8 Å². The molecule has 0 heterocycles. The van der Waals surface area contributed by atoms with Gasteiger partial charge in [-0.1, -0.05) is 12.2 Å². The summed E-state index contributed by atoms with van der Waals surface area (Å²) in [5, 5.41) is 11.6. The van der Waals surface area contributed by atoms with Crippen LogP contribution in [-0.2, 0) is 19.6 Å². The molecule has 0 unspecified atom stereocenters. The highest BCUT2D eigenvalue weighted by Gasteiger charge is 2.33. The smallest absolute Gasteiger partial charge is 0.307 e. The molecule has 108 valence electrons. The predicted octanol–water partition coefficient (Wildman–Crippen LogP) is -0.681. The van der Waals surface area contributed by atoms with Gasteiger partial charge in [-0.2, -0.15) is 0 Å². The average Bonchev–Trinajstić information content (AvgIpc) is 2.33. The molecule has 3 N–H and O–H groups in total. The number of amides is 1. The fraction of sp³-hybridized carbons (Fsp3) is 0.636. The molecular formula is C11H18N2O5S. The van der Waals surface area contributed by atoms with Crippen molar-refractivity contribution >= 4 is 21.9 Å². The van der Waals surface area contributed by atoms with Gasteiger partial charge < -0.3 is 10.4 Å². The Bertz CT molecular complexity index is 471. The Morgan fingerprint density at radius 1 is 1.21 bits per heavy atom. The molecule has 1 aliphatic rings. The molecule has 0 saturated carbocycles. The number of carboxylic acid groups (broad SMARTS) is 1. The Balaban J connectivity index is 2.44. The van der Waals surface area contributed by atoms with E-state index in [1.165, 1.54) is 0 Å². The van der Waals surface area contributed by atoms with Gasteiger partial charge in [0.1, 0.15) is 0 Å². The number of hydrogen-bond donors (Lipinski definition) is 3. The maximum Gasteiger partial charge on any atom is 0.307 e. The highest BCUT2D eigenvalue weighted by atomic mass is 32.2. The molecule has 1 amide bonds. The van der Waals surface area contributed by atoms with Crippen LogP contribution in [-0.4, -0.2) is 44.7 Å². The van der Waals surface area contributed by atoms with Crippen LogP contribution in [0.4, 0.5) is 0 Å². The van der Waals surface area contributed by atoms with E-state index in [0.29, 0.717) is 12.8 Å². The first kappa shape index (κ1) is 15.6. The lowest BCUT2D eigenvalue weighted by Crippen LogP contribution is -2.41. The lowest BCUT2D eigenvalue weighted by Gasteiger charge is -2.24. The van der Waals surface area contributed by atoms with Crippen LogP contribution in [0.3, 0.4) is 0 Å². The third-order valence-corrected chi connectivity index (χ3v) is 3.60. The summed E-state index contributed by atoms with van der Waals surface area (Å²) in [6, 6.07) is 0. The molecule has 0 fully saturated rings. The van der Waals surface area contributed by atoms with E-state index in [0.717, 1.165) is 6.26 Å². The lowest BCUT2D eigenvalue weighted by molar-refractivity contribution is -0.147. The SMILES string of the molecule is CS(=O)(=O)NCCNC(=O)[C@@H]1CC=CC[C@@H]1C(=O)O. The molecule has 19 heavy (non-hydrogen) atoms. The molecule has 0 bridgehead atoms. The second-order valence-corrected chi connectivity index (χ2v) is 6.28. The highest BCUT2D eigenvalue weighted by molar-refractivity contribution is 7.88. The Kier molecular flexibility index (Phi) is 5.49. The number of carbonyl (C=O) groups is 2. The van der Waals surface area contributed by atoms with E-state index in [1.807, 2.05) is 0 Å². The Morgan fingerprint density at radius 3 is 2.32 bits per heavy atom. The second-order valence-electron chi connectivity index (χ2n) is 4.45. The maximum atomic E-state index is 11.9. The average molecular weight is 290 g/mol. The minimum absolute atomic E-state index is 0.0882. The van der Waals surface area contributed by atoms with E-state index in [4.69, 9.17) is 5.11 Å². The molecule has 1 aliphatic carbocycles.